The van der Waals surface area contributed by atoms with Crippen LogP contribution in [-0.2, 0) is 18.3 Å². The van der Waals surface area contributed by atoms with Crippen molar-refractivity contribution in [3.05, 3.63) is 93.3 Å². The quantitative estimate of drug-likeness (QED) is 0.473. The van der Waals surface area contributed by atoms with E-state index in [2.05, 4.69) is 15.6 Å². The Hall–Kier alpha value is -3.98. The second-order valence-electron chi connectivity index (χ2n) is 7.13. The Bertz CT molecular complexity index is 1320. The van der Waals surface area contributed by atoms with Crippen molar-refractivity contribution in [2.45, 2.75) is 13.3 Å². The molecule has 0 saturated carbocycles. The molecule has 0 bridgehead atoms. The van der Waals surface area contributed by atoms with Crippen molar-refractivity contribution in [2.24, 2.45) is 7.05 Å². The van der Waals surface area contributed by atoms with Crippen molar-refractivity contribution >= 4 is 34.0 Å². The van der Waals surface area contributed by atoms with Gasteiger partial charge in [0.25, 0.3) is 11.5 Å². The summed E-state index contributed by atoms with van der Waals surface area (Å²) >= 11 is 1.24. The molecule has 0 radical (unpaired) electrons. The van der Waals surface area contributed by atoms with Crippen LogP contribution in [0.2, 0.25) is 0 Å². The maximum atomic E-state index is 12.9. The standard InChI is InChI=1S/C23H21N5O3S/c1-15-20(22(31)28(27(15)2)18-11-7-4-8-12-18)25-19(29)13-17-14-32-23(24-17)26-21(30)16-9-5-3-6-10-16/h3-12,14H,13H2,1-2H3,(H,25,29)(H,24,26,30). The summed E-state index contributed by atoms with van der Waals surface area (Å²) in [5, 5.41) is 7.56. The van der Waals surface area contributed by atoms with E-state index in [0.29, 0.717) is 27.8 Å². The third kappa shape index (κ3) is 4.37. The van der Waals surface area contributed by atoms with Crippen molar-refractivity contribution in [2.75, 3.05) is 10.6 Å². The molecule has 0 aliphatic heterocycles. The zero-order valence-corrected chi connectivity index (χ0v) is 18.3. The minimum absolute atomic E-state index is 0.0170. The number of carbonyl (C=O) groups is 2. The van der Waals surface area contributed by atoms with Crippen LogP contribution in [0.25, 0.3) is 5.69 Å². The fourth-order valence-electron chi connectivity index (χ4n) is 3.26. The number of nitrogens with zero attached hydrogens (tertiary/aromatic N) is 3. The number of amides is 2. The molecule has 2 heterocycles. The molecule has 9 heteroatoms. The summed E-state index contributed by atoms with van der Waals surface area (Å²) in [6, 6.07) is 18.0. The van der Waals surface area contributed by atoms with Gasteiger partial charge in [-0.15, -0.1) is 11.3 Å². The highest BCUT2D eigenvalue weighted by Gasteiger charge is 2.19. The number of carbonyl (C=O) groups excluding carboxylic acids is 2. The van der Waals surface area contributed by atoms with E-state index in [-0.39, 0.29) is 29.5 Å². The second kappa shape index (κ2) is 9.03. The van der Waals surface area contributed by atoms with E-state index in [1.807, 2.05) is 36.4 Å². The largest absolute Gasteiger partial charge is 0.320 e. The second-order valence-corrected chi connectivity index (χ2v) is 7.98. The molecule has 2 N–H and O–H groups in total. The topological polar surface area (TPSA) is 98.0 Å². The van der Waals surface area contributed by atoms with Crippen molar-refractivity contribution in [1.29, 1.82) is 0 Å². The summed E-state index contributed by atoms with van der Waals surface area (Å²) in [5.41, 5.74) is 2.31. The normalized spacial score (nSPS) is 10.7. The first kappa shape index (κ1) is 21.3. The number of thiazole rings is 1. The number of aromatic nitrogens is 3. The highest BCUT2D eigenvalue weighted by atomic mass is 32.1. The molecule has 0 aliphatic rings. The molecular formula is C23H21N5O3S. The van der Waals surface area contributed by atoms with Crippen LogP contribution in [-0.4, -0.2) is 26.2 Å². The van der Waals surface area contributed by atoms with Crippen LogP contribution in [0.15, 0.2) is 70.8 Å². The van der Waals surface area contributed by atoms with Gasteiger partial charge in [0.05, 0.1) is 23.5 Å². The van der Waals surface area contributed by atoms with Crippen molar-refractivity contribution < 1.29 is 9.59 Å². The fraction of sp³-hybridized carbons (Fsp3) is 0.130. The molecule has 8 nitrogen and oxygen atoms in total. The summed E-state index contributed by atoms with van der Waals surface area (Å²) in [4.78, 5) is 42.1. The summed E-state index contributed by atoms with van der Waals surface area (Å²) in [5.74, 6) is -0.625. The summed E-state index contributed by atoms with van der Waals surface area (Å²) in [7, 11) is 1.77. The van der Waals surface area contributed by atoms with Gasteiger partial charge in [-0.05, 0) is 31.2 Å². The fourth-order valence-corrected chi connectivity index (χ4v) is 3.97. The van der Waals surface area contributed by atoms with Gasteiger partial charge >= 0.3 is 0 Å². The van der Waals surface area contributed by atoms with Gasteiger partial charge in [0, 0.05) is 18.0 Å². The number of hydrogen-bond donors (Lipinski definition) is 2. The average molecular weight is 448 g/mol. The molecule has 0 aliphatic carbocycles. The minimum Gasteiger partial charge on any atom is -0.320 e. The molecule has 4 rings (SSSR count). The highest BCUT2D eigenvalue weighted by Crippen LogP contribution is 2.18. The van der Waals surface area contributed by atoms with Crippen LogP contribution < -0.4 is 16.2 Å². The Morgan fingerprint density at radius 2 is 1.66 bits per heavy atom. The Kier molecular flexibility index (Phi) is 6.00. The zero-order valence-electron chi connectivity index (χ0n) is 17.5. The molecule has 0 fully saturated rings. The van der Waals surface area contributed by atoms with Gasteiger partial charge in [-0.25, -0.2) is 9.67 Å². The number of rotatable bonds is 6. The third-order valence-electron chi connectivity index (χ3n) is 4.97. The van der Waals surface area contributed by atoms with Crippen LogP contribution in [0, 0.1) is 6.92 Å². The van der Waals surface area contributed by atoms with E-state index in [1.165, 1.54) is 16.0 Å². The number of hydrogen-bond acceptors (Lipinski definition) is 5. The Labute approximate surface area is 188 Å². The van der Waals surface area contributed by atoms with Crippen molar-refractivity contribution in [3.63, 3.8) is 0 Å². The molecule has 4 aromatic rings. The van der Waals surface area contributed by atoms with E-state index in [9.17, 15) is 14.4 Å². The van der Waals surface area contributed by atoms with E-state index < -0.39 is 0 Å². The van der Waals surface area contributed by atoms with E-state index >= 15 is 0 Å². The van der Waals surface area contributed by atoms with Crippen LogP contribution >= 0.6 is 11.3 Å². The van der Waals surface area contributed by atoms with Crippen molar-refractivity contribution in [1.82, 2.24) is 14.3 Å². The molecule has 2 aromatic carbocycles. The summed E-state index contributed by atoms with van der Waals surface area (Å²) in [6.07, 6.45) is -0.0170. The first-order chi connectivity index (χ1) is 15.4. The average Bonchev–Trinajstić information content (AvgIpc) is 3.32. The van der Waals surface area contributed by atoms with Crippen LogP contribution in [0.3, 0.4) is 0 Å². The van der Waals surface area contributed by atoms with Gasteiger partial charge in [-0.2, -0.15) is 0 Å². The number of nitrogens with one attached hydrogen (secondary N) is 2. The lowest BCUT2D eigenvalue weighted by atomic mass is 10.2. The van der Waals surface area contributed by atoms with Gasteiger partial charge in [0.15, 0.2) is 5.13 Å². The van der Waals surface area contributed by atoms with Gasteiger partial charge in [-0.3, -0.25) is 24.4 Å². The van der Waals surface area contributed by atoms with Gasteiger partial charge in [0.1, 0.15) is 5.69 Å². The van der Waals surface area contributed by atoms with E-state index in [1.54, 1.807) is 48.3 Å². The number of anilines is 2. The minimum atomic E-state index is -0.359. The third-order valence-corrected chi connectivity index (χ3v) is 5.78. The van der Waals surface area contributed by atoms with Crippen molar-refractivity contribution in [3.8, 4) is 5.69 Å². The predicted octanol–water partition coefficient (Wildman–Crippen LogP) is 3.37. The molecule has 2 aromatic heterocycles. The smallest absolute Gasteiger partial charge is 0.295 e. The maximum absolute atomic E-state index is 12.9. The van der Waals surface area contributed by atoms with Gasteiger partial charge in [0.2, 0.25) is 5.91 Å². The zero-order chi connectivity index (χ0) is 22.7. The molecule has 32 heavy (non-hydrogen) atoms. The Morgan fingerprint density at radius 1 is 1.00 bits per heavy atom. The van der Waals surface area contributed by atoms with Crippen LogP contribution in [0.4, 0.5) is 10.8 Å². The highest BCUT2D eigenvalue weighted by molar-refractivity contribution is 7.14. The Balaban J connectivity index is 1.45. The molecule has 0 saturated heterocycles. The lowest BCUT2D eigenvalue weighted by molar-refractivity contribution is -0.115. The van der Waals surface area contributed by atoms with Crippen LogP contribution in [0.5, 0.6) is 0 Å². The molecular weight excluding hydrogens is 426 g/mol. The maximum Gasteiger partial charge on any atom is 0.295 e. The first-order valence-corrected chi connectivity index (χ1v) is 10.8. The number of para-hydroxylation sites is 1. The van der Waals surface area contributed by atoms with Crippen LogP contribution in [0.1, 0.15) is 21.7 Å². The van der Waals surface area contributed by atoms with Gasteiger partial charge in [-0.1, -0.05) is 36.4 Å². The van der Waals surface area contributed by atoms with E-state index in [4.69, 9.17) is 0 Å². The molecule has 0 unspecified atom stereocenters. The summed E-state index contributed by atoms with van der Waals surface area (Å²) in [6.45, 7) is 1.77. The SMILES string of the molecule is Cc1c(NC(=O)Cc2csc(NC(=O)c3ccccc3)n2)c(=O)n(-c2ccccc2)n1C. The van der Waals surface area contributed by atoms with E-state index in [0.717, 1.165) is 0 Å². The molecule has 162 valence electrons. The first-order valence-electron chi connectivity index (χ1n) is 9.88. The monoisotopic (exact) mass is 447 g/mol. The predicted molar refractivity (Wildman–Crippen MR) is 125 cm³/mol. The lowest BCUT2D eigenvalue weighted by Gasteiger charge is -2.07. The van der Waals surface area contributed by atoms with Gasteiger partial charge < -0.3 is 5.32 Å². The summed E-state index contributed by atoms with van der Waals surface area (Å²) < 4.78 is 3.21. The molecule has 0 atom stereocenters. The Morgan fingerprint density at radius 3 is 2.34 bits per heavy atom. The lowest BCUT2D eigenvalue weighted by Crippen LogP contribution is -2.23. The number of benzene rings is 2. The molecule has 0 spiro atoms. The molecule has 2 amide bonds.